The predicted octanol–water partition coefficient (Wildman–Crippen LogP) is 4.51. The molecule has 3 heterocycles. The number of anilines is 2. The van der Waals surface area contributed by atoms with Crippen LogP contribution in [0.1, 0.15) is 15.9 Å². The fourth-order valence-corrected chi connectivity index (χ4v) is 5.61. The van der Waals surface area contributed by atoms with E-state index in [0.717, 1.165) is 11.0 Å². The maximum absolute atomic E-state index is 13.0. The fourth-order valence-electron chi connectivity index (χ4n) is 4.06. The Hall–Kier alpha value is -3.53. The molecule has 8 nitrogen and oxygen atoms in total. The molecule has 1 saturated heterocycles. The number of amides is 1. The third-order valence-electron chi connectivity index (χ3n) is 5.99. The Kier molecular flexibility index (Phi) is 5.92. The van der Waals surface area contributed by atoms with Crippen molar-refractivity contribution in [3.05, 3.63) is 83.0 Å². The first kappa shape index (κ1) is 23.2. The summed E-state index contributed by atoms with van der Waals surface area (Å²) in [5.74, 6) is -0.306. The van der Waals surface area contributed by atoms with Gasteiger partial charge in [0.2, 0.25) is 0 Å². The van der Waals surface area contributed by atoms with Gasteiger partial charge >= 0.3 is 10.2 Å². The van der Waals surface area contributed by atoms with E-state index in [1.54, 1.807) is 56.6 Å². The van der Waals surface area contributed by atoms with E-state index < -0.39 is 10.2 Å². The molecular weight excluding hydrogens is 486 g/mol. The SMILES string of the molecule is Cc1cc(N2CCN(C)S2(=O)=O)ccc1C(=O)Nc1ccc(Cl)c(-c2ccc3ncccc3n2)c1. The van der Waals surface area contributed by atoms with E-state index in [1.165, 1.54) is 8.61 Å². The Bertz CT molecular complexity index is 1570. The van der Waals surface area contributed by atoms with Crippen LogP contribution in [-0.2, 0) is 10.2 Å². The quantitative estimate of drug-likeness (QED) is 0.438. The number of aromatic nitrogens is 2. The lowest BCUT2D eigenvalue weighted by molar-refractivity contribution is 0.102. The van der Waals surface area contributed by atoms with Crippen molar-refractivity contribution in [3.63, 3.8) is 0 Å². The summed E-state index contributed by atoms with van der Waals surface area (Å²) in [5, 5.41) is 3.42. The van der Waals surface area contributed by atoms with Crippen LogP contribution in [0.25, 0.3) is 22.3 Å². The summed E-state index contributed by atoms with van der Waals surface area (Å²) in [6.45, 7) is 2.58. The second kappa shape index (κ2) is 8.92. The van der Waals surface area contributed by atoms with Gasteiger partial charge in [-0.3, -0.25) is 14.1 Å². The van der Waals surface area contributed by atoms with Crippen molar-refractivity contribution in [1.29, 1.82) is 0 Å². The highest BCUT2D eigenvalue weighted by molar-refractivity contribution is 7.90. The van der Waals surface area contributed by atoms with Crippen LogP contribution in [0.15, 0.2) is 66.9 Å². The van der Waals surface area contributed by atoms with Crippen molar-refractivity contribution in [1.82, 2.24) is 14.3 Å². The molecule has 0 radical (unpaired) electrons. The van der Waals surface area contributed by atoms with E-state index in [9.17, 15) is 13.2 Å². The number of aryl methyl sites for hydroxylation is 1. The molecular formula is C25H22ClN5O3S. The molecule has 0 atom stereocenters. The lowest BCUT2D eigenvalue weighted by Gasteiger charge is -2.19. The second-order valence-corrected chi connectivity index (χ2v) is 10.7. The number of likely N-dealkylation sites (N-methyl/N-ethyl adjacent to an activating group) is 1. The highest BCUT2D eigenvalue weighted by Crippen LogP contribution is 2.31. The van der Waals surface area contributed by atoms with Gasteiger partial charge in [0.25, 0.3) is 5.91 Å². The number of hydrogen-bond donors (Lipinski definition) is 1. The van der Waals surface area contributed by atoms with Crippen LogP contribution in [0.2, 0.25) is 5.02 Å². The minimum Gasteiger partial charge on any atom is -0.322 e. The number of pyridine rings is 2. The molecule has 0 unspecified atom stereocenters. The second-order valence-electron chi connectivity index (χ2n) is 8.29. The molecule has 1 fully saturated rings. The van der Waals surface area contributed by atoms with Gasteiger partial charge in [0.1, 0.15) is 0 Å². The number of rotatable bonds is 4. The Morgan fingerprint density at radius 2 is 1.86 bits per heavy atom. The van der Waals surface area contributed by atoms with E-state index in [-0.39, 0.29) is 5.91 Å². The zero-order valence-corrected chi connectivity index (χ0v) is 20.6. The summed E-state index contributed by atoms with van der Waals surface area (Å²) < 4.78 is 27.6. The summed E-state index contributed by atoms with van der Waals surface area (Å²) in [6, 6.07) is 17.6. The highest BCUT2D eigenvalue weighted by Gasteiger charge is 2.34. The molecule has 1 aliphatic rings. The average molecular weight is 508 g/mol. The summed E-state index contributed by atoms with van der Waals surface area (Å²) >= 11 is 6.45. The lowest BCUT2D eigenvalue weighted by Crippen LogP contribution is -2.30. The Labute approximate surface area is 208 Å². The first-order chi connectivity index (χ1) is 16.7. The zero-order chi connectivity index (χ0) is 24.7. The van der Waals surface area contributed by atoms with Gasteiger partial charge in [-0.25, -0.2) is 4.98 Å². The third kappa shape index (κ3) is 4.34. The summed E-state index contributed by atoms with van der Waals surface area (Å²) in [6.07, 6.45) is 1.71. The zero-order valence-electron chi connectivity index (χ0n) is 19.1. The van der Waals surface area contributed by atoms with Gasteiger partial charge in [0.15, 0.2) is 0 Å². The molecule has 5 rings (SSSR count). The molecule has 0 spiro atoms. The number of fused-ring (bicyclic) bond motifs is 1. The van der Waals surface area contributed by atoms with E-state index in [1.807, 2.05) is 24.3 Å². The smallest absolute Gasteiger partial charge is 0.303 e. The minimum absolute atomic E-state index is 0.306. The summed E-state index contributed by atoms with van der Waals surface area (Å²) in [4.78, 5) is 22.0. The molecule has 1 amide bonds. The topological polar surface area (TPSA) is 95.5 Å². The summed E-state index contributed by atoms with van der Waals surface area (Å²) in [5.41, 5.74) is 5.10. The van der Waals surface area contributed by atoms with E-state index >= 15 is 0 Å². The number of carbonyl (C=O) groups excluding carboxylic acids is 1. The highest BCUT2D eigenvalue weighted by atomic mass is 35.5. The van der Waals surface area contributed by atoms with Gasteiger partial charge in [-0.05, 0) is 73.2 Å². The monoisotopic (exact) mass is 507 g/mol. The van der Waals surface area contributed by atoms with Crippen molar-refractivity contribution >= 4 is 50.1 Å². The van der Waals surface area contributed by atoms with Crippen molar-refractivity contribution in [2.45, 2.75) is 6.92 Å². The first-order valence-corrected chi connectivity index (χ1v) is 12.7. The van der Waals surface area contributed by atoms with Gasteiger partial charge in [0.05, 0.1) is 27.4 Å². The predicted molar refractivity (Wildman–Crippen MR) is 138 cm³/mol. The summed E-state index contributed by atoms with van der Waals surface area (Å²) in [7, 11) is -1.97. The van der Waals surface area contributed by atoms with Crippen molar-refractivity contribution in [3.8, 4) is 11.3 Å². The van der Waals surface area contributed by atoms with Crippen molar-refractivity contribution in [2.75, 3.05) is 29.8 Å². The van der Waals surface area contributed by atoms with Crippen molar-refractivity contribution < 1.29 is 13.2 Å². The molecule has 2 aromatic carbocycles. The van der Waals surface area contributed by atoms with Gasteiger partial charge in [-0.2, -0.15) is 12.7 Å². The number of nitrogens with one attached hydrogen (secondary N) is 1. The van der Waals surface area contributed by atoms with Gasteiger partial charge < -0.3 is 5.32 Å². The van der Waals surface area contributed by atoms with E-state index in [0.29, 0.717) is 51.9 Å². The molecule has 0 saturated carbocycles. The average Bonchev–Trinajstić information content (AvgIpc) is 3.11. The van der Waals surface area contributed by atoms with Gasteiger partial charge in [-0.1, -0.05) is 11.6 Å². The van der Waals surface area contributed by atoms with Crippen LogP contribution in [0.4, 0.5) is 11.4 Å². The van der Waals surface area contributed by atoms with Crippen LogP contribution in [0.5, 0.6) is 0 Å². The third-order valence-corrected chi connectivity index (χ3v) is 8.24. The van der Waals surface area contributed by atoms with Crippen molar-refractivity contribution in [2.24, 2.45) is 0 Å². The molecule has 1 aliphatic heterocycles. The van der Waals surface area contributed by atoms with Crippen LogP contribution in [-0.4, -0.2) is 48.7 Å². The van der Waals surface area contributed by atoms with Crippen LogP contribution < -0.4 is 9.62 Å². The Balaban J connectivity index is 1.40. The number of benzene rings is 2. The maximum Gasteiger partial charge on any atom is 0.303 e. The molecule has 178 valence electrons. The first-order valence-electron chi connectivity index (χ1n) is 10.9. The maximum atomic E-state index is 13.0. The Morgan fingerprint density at radius 1 is 1.03 bits per heavy atom. The molecule has 1 N–H and O–H groups in total. The minimum atomic E-state index is -3.52. The van der Waals surface area contributed by atoms with Gasteiger partial charge in [0, 0.05) is 43.1 Å². The normalized spacial score (nSPS) is 15.5. The number of nitrogens with zero attached hydrogens (tertiary/aromatic N) is 4. The number of halogens is 1. The fraction of sp³-hybridized carbons (Fsp3) is 0.160. The van der Waals surface area contributed by atoms with E-state index in [4.69, 9.17) is 11.6 Å². The largest absolute Gasteiger partial charge is 0.322 e. The number of carbonyl (C=O) groups is 1. The standard InChI is InChI=1S/C25H22ClN5O3S/c1-16-14-18(31-13-12-30(2)35(31,33)34)6-7-19(16)25(32)28-17-5-8-21(26)20(15-17)22-9-10-23-24(29-22)4-3-11-27-23/h3-11,14-15H,12-13H2,1-2H3,(H,28,32). The van der Waals surface area contributed by atoms with Crippen LogP contribution in [0, 0.1) is 6.92 Å². The van der Waals surface area contributed by atoms with Crippen LogP contribution >= 0.6 is 11.6 Å². The lowest BCUT2D eigenvalue weighted by atomic mass is 10.1. The molecule has 2 aromatic heterocycles. The van der Waals surface area contributed by atoms with E-state index in [2.05, 4.69) is 15.3 Å². The molecule has 4 aromatic rings. The van der Waals surface area contributed by atoms with Gasteiger partial charge in [-0.15, -0.1) is 0 Å². The molecule has 0 aliphatic carbocycles. The molecule has 0 bridgehead atoms. The molecule has 10 heteroatoms. The molecule has 35 heavy (non-hydrogen) atoms. The van der Waals surface area contributed by atoms with Crippen LogP contribution in [0.3, 0.4) is 0 Å². The Morgan fingerprint density at radius 3 is 2.60 bits per heavy atom. The number of hydrogen-bond acceptors (Lipinski definition) is 5.